The van der Waals surface area contributed by atoms with Crippen molar-refractivity contribution in [3.8, 4) is 0 Å². The van der Waals surface area contributed by atoms with Gasteiger partial charge in [0.2, 0.25) is 0 Å². The van der Waals surface area contributed by atoms with E-state index in [0.29, 0.717) is 0 Å². The summed E-state index contributed by atoms with van der Waals surface area (Å²) in [5, 5.41) is 0. The van der Waals surface area contributed by atoms with Crippen LogP contribution in [0.25, 0.3) is 0 Å². The smallest absolute Gasteiger partial charge is 0.0199 e. The maximum Gasteiger partial charge on any atom is -0.0199 e. The third kappa shape index (κ3) is 3.25. The zero-order chi connectivity index (χ0) is 8.81. The fourth-order valence-corrected chi connectivity index (χ4v) is 1.65. The summed E-state index contributed by atoms with van der Waals surface area (Å²) in [6.45, 7) is 4.49. The first kappa shape index (κ1) is 9.57. The Labute approximate surface area is 76.4 Å². The average Bonchev–Trinajstić information content (AvgIpc) is 2.09. The van der Waals surface area contributed by atoms with Gasteiger partial charge in [-0.05, 0) is 37.5 Å². The highest BCUT2D eigenvalue weighted by atomic mass is 14.2. The van der Waals surface area contributed by atoms with E-state index >= 15 is 0 Å². The molecule has 0 aliphatic heterocycles. The van der Waals surface area contributed by atoms with E-state index in [2.05, 4.69) is 38.2 Å². The van der Waals surface area contributed by atoms with Gasteiger partial charge in [-0.15, -0.1) is 0 Å². The van der Waals surface area contributed by atoms with Crippen LogP contribution in [0.2, 0.25) is 0 Å². The lowest BCUT2D eigenvalue weighted by Crippen LogP contribution is -2.04. The van der Waals surface area contributed by atoms with Gasteiger partial charge in [-0.2, -0.15) is 0 Å². The second-order valence-corrected chi connectivity index (χ2v) is 3.81. The lowest BCUT2D eigenvalue weighted by molar-refractivity contribution is 0.479. The van der Waals surface area contributed by atoms with Crippen LogP contribution in [0.1, 0.15) is 39.5 Å². The summed E-state index contributed by atoms with van der Waals surface area (Å²) in [7, 11) is 0. The van der Waals surface area contributed by atoms with E-state index in [1.807, 2.05) is 0 Å². The molecular formula is C12H20. The lowest BCUT2D eigenvalue weighted by atomic mass is 9.88. The molecule has 2 atom stereocenters. The minimum atomic E-state index is 0.816. The van der Waals surface area contributed by atoms with Gasteiger partial charge < -0.3 is 0 Å². The summed E-state index contributed by atoms with van der Waals surface area (Å²) >= 11 is 0. The van der Waals surface area contributed by atoms with Crippen molar-refractivity contribution in [3.05, 3.63) is 24.3 Å². The highest BCUT2D eigenvalue weighted by molar-refractivity contribution is 4.99. The Balaban J connectivity index is 2.25. The van der Waals surface area contributed by atoms with Gasteiger partial charge in [-0.1, -0.05) is 38.2 Å². The molecule has 0 radical (unpaired) electrons. The SMILES string of the molecule is CC/C=C\CC1C=CC(C)CC1. The maximum absolute atomic E-state index is 2.40. The molecule has 2 unspecified atom stereocenters. The van der Waals surface area contributed by atoms with E-state index < -0.39 is 0 Å². The number of allylic oxidation sites excluding steroid dienone is 4. The third-order valence-corrected chi connectivity index (χ3v) is 2.55. The molecule has 0 N–H and O–H groups in total. The molecule has 1 aliphatic carbocycles. The standard InChI is InChI=1S/C12H20/c1-3-4-5-6-12-9-7-11(2)8-10-12/h4-5,7,9,11-12H,3,6,8,10H2,1-2H3/b5-4-. The van der Waals surface area contributed by atoms with Gasteiger partial charge in [0.05, 0.1) is 0 Å². The Bertz CT molecular complexity index is 165. The van der Waals surface area contributed by atoms with Crippen molar-refractivity contribution < 1.29 is 0 Å². The molecule has 12 heavy (non-hydrogen) atoms. The highest BCUT2D eigenvalue weighted by Crippen LogP contribution is 2.24. The van der Waals surface area contributed by atoms with Crippen LogP contribution in [0.15, 0.2) is 24.3 Å². The van der Waals surface area contributed by atoms with Crippen molar-refractivity contribution in [1.82, 2.24) is 0 Å². The first-order valence-electron chi connectivity index (χ1n) is 5.16. The predicted molar refractivity (Wildman–Crippen MR) is 55.1 cm³/mol. The maximum atomic E-state index is 2.40. The van der Waals surface area contributed by atoms with E-state index in [1.165, 1.54) is 25.7 Å². The summed E-state index contributed by atoms with van der Waals surface area (Å²) in [5.74, 6) is 1.64. The van der Waals surface area contributed by atoms with E-state index in [0.717, 1.165) is 11.8 Å². The summed E-state index contributed by atoms with van der Waals surface area (Å²) in [6, 6.07) is 0. The van der Waals surface area contributed by atoms with E-state index in [1.54, 1.807) is 0 Å². The quantitative estimate of drug-likeness (QED) is 0.554. The van der Waals surface area contributed by atoms with Gasteiger partial charge in [0.15, 0.2) is 0 Å². The monoisotopic (exact) mass is 164 g/mol. The molecule has 0 heteroatoms. The summed E-state index contributed by atoms with van der Waals surface area (Å²) in [6.07, 6.45) is 14.5. The molecule has 0 fully saturated rings. The molecule has 1 aliphatic rings. The highest BCUT2D eigenvalue weighted by Gasteiger charge is 2.10. The van der Waals surface area contributed by atoms with Gasteiger partial charge in [-0.3, -0.25) is 0 Å². The summed E-state index contributed by atoms with van der Waals surface area (Å²) < 4.78 is 0. The van der Waals surface area contributed by atoms with Crippen molar-refractivity contribution in [1.29, 1.82) is 0 Å². The van der Waals surface area contributed by atoms with Crippen molar-refractivity contribution >= 4 is 0 Å². The second-order valence-electron chi connectivity index (χ2n) is 3.81. The molecule has 0 bridgehead atoms. The third-order valence-electron chi connectivity index (χ3n) is 2.55. The Morgan fingerprint density at radius 1 is 1.25 bits per heavy atom. The zero-order valence-electron chi connectivity index (χ0n) is 8.29. The number of hydrogen-bond donors (Lipinski definition) is 0. The molecule has 1 rings (SSSR count). The van der Waals surface area contributed by atoms with Gasteiger partial charge in [-0.25, -0.2) is 0 Å². The molecule has 0 nitrogen and oxygen atoms in total. The molecule has 0 spiro atoms. The largest absolute Gasteiger partial charge is 0.0888 e. The van der Waals surface area contributed by atoms with E-state index in [-0.39, 0.29) is 0 Å². The Kier molecular flexibility index (Phi) is 4.13. The van der Waals surface area contributed by atoms with Crippen LogP contribution in [0.5, 0.6) is 0 Å². The van der Waals surface area contributed by atoms with Crippen LogP contribution in [-0.4, -0.2) is 0 Å². The topological polar surface area (TPSA) is 0 Å². The molecule has 0 saturated carbocycles. The van der Waals surface area contributed by atoms with Crippen molar-refractivity contribution in [3.63, 3.8) is 0 Å². The van der Waals surface area contributed by atoms with Gasteiger partial charge in [0, 0.05) is 0 Å². The Hall–Kier alpha value is -0.520. The van der Waals surface area contributed by atoms with E-state index in [9.17, 15) is 0 Å². The van der Waals surface area contributed by atoms with Gasteiger partial charge >= 0.3 is 0 Å². The minimum Gasteiger partial charge on any atom is -0.0888 e. The summed E-state index contributed by atoms with van der Waals surface area (Å²) in [4.78, 5) is 0. The molecule has 0 aromatic heterocycles. The molecule has 68 valence electrons. The van der Waals surface area contributed by atoms with Crippen LogP contribution in [0.4, 0.5) is 0 Å². The summed E-state index contributed by atoms with van der Waals surface area (Å²) in [5.41, 5.74) is 0. The van der Waals surface area contributed by atoms with Crippen molar-refractivity contribution in [2.24, 2.45) is 11.8 Å². The second kappa shape index (κ2) is 5.18. The van der Waals surface area contributed by atoms with Crippen LogP contribution in [-0.2, 0) is 0 Å². The Morgan fingerprint density at radius 3 is 2.67 bits per heavy atom. The van der Waals surface area contributed by atoms with Crippen molar-refractivity contribution in [2.75, 3.05) is 0 Å². The normalized spacial score (nSPS) is 29.8. The average molecular weight is 164 g/mol. The van der Waals surface area contributed by atoms with Crippen molar-refractivity contribution in [2.45, 2.75) is 39.5 Å². The minimum absolute atomic E-state index is 0.816. The van der Waals surface area contributed by atoms with Gasteiger partial charge in [0.25, 0.3) is 0 Å². The number of hydrogen-bond acceptors (Lipinski definition) is 0. The Morgan fingerprint density at radius 2 is 2.08 bits per heavy atom. The molecule has 0 aromatic carbocycles. The first-order valence-corrected chi connectivity index (χ1v) is 5.16. The molecule has 0 saturated heterocycles. The molecule has 0 amide bonds. The fourth-order valence-electron chi connectivity index (χ4n) is 1.65. The van der Waals surface area contributed by atoms with Gasteiger partial charge in [0.1, 0.15) is 0 Å². The molecule has 0 heterocycles. The van der Waals surface area contributed by atoms with Crippen LogP contribution in [0, 0.1) is 11.8 Å². The number of rotatable bonds is 3. The molecule has 0 aromatic rings. The predicted octanol–water partition coefficient (Wildman–Crippen LogP) is 3.95. The van der Waals surface area contributed by atoms with Crippen LogP contribution < -0.4 is 0 Å². The fraction of sp³-hybridized carbons (Fsp3) is 0.667. The first-order chi connectivity index (χ1) is 5.83. The van der Waals surface area contributed by atoms with E-state index in [4.69, 9.17) is 0 Å². The van der Waals surface area contributed by atoms with Crippen LogP contribution >= 0.6 is 0 Å². The van der Waals surface area contributed by atoms with Crippen LogP contribution in [0.3, 0.4) is 0 Å². The lowest BCUT2D eigenvalue weighted by Gasteiger charge is -2.18. The molecular weight excluding hydrogens is 144 g/mol. The zero-order valence-corrected chi connectivity index (χ0v) is 8.29.